The number of benzene rings is 1. The molecule has 0 saturated carbocycles. The van der Waals surface area contributed by atoms with E-state index in [1.165, 1.54) is 0 Å². The van der Waals surface area contributed by atoms with Gasteiger partial charge in [0.15, 0.2) is 9.84 Å². The first-order valence-electron chi connectivity index (χ1n) is 6.60. The number of fused-ring (bicyclic) bond motifs is 1. The number of hydrogen-bond donors (Lipinski definition) is 1. The first kappa shape index (κ1) is 13.3. The molecule has 1 aliphatic rings. The van der Waals surface area contributed by atoms with Gasteiger partial charge < -0.3 is 5.32 Å². The van der Waals surface area contributed by atoms with E-state index in [0.717, 1.165) is 11.3 Å². The van der Waals surface area contributed by atoms with E-state index in [1.807, 2.05) is 29.9 Å². The molecular formula is C14H17N3O2S. The van der Waals surface area contributed by atoms with Crippen LogP contribution in [0.15, 0.2) is 41.4 Å². The van der Waals surface area contributed by atoms with Crippen molar-refractivity contribution in [2.24, 2.45) is 7.05 Å². The molecule has 5 nitrogen and oxygen atoms in total. The Morgan fingerprint density at radius 2 is 2.15 bits per heavy atom. The fraction of sp³-hybridized carbons (Fsp3) is 0.357. The van der Waals surface area contributed by atoms with Crippen LogP contribution < -0.4 is 5.32 Å². The first-order valence-corrected chi connectivity index (χ1v) is 8.25. The Morgan fingerprint density at radius 1 is 1.35 bits per heavy atom. The molecule has 0 fully saturated rings. The van der Waals surface area contributed by atoms with E-state index >= 15 is 0 Å². The minimum absolute atomic E-state index is 0.0737. The van der Waals surface area contributed by atoms with Crippen molar-refractivity contribution in [1.82, 2.24) is 15.1 Å². The molecule has 1 unspecified atom stereocenters. The van der Waals surface area contributed by atoms with Crippen LogP contribution in [0.25, 0.3) is 0 Å². The van der Waals surface area contributed by atoms with Crippen LogP contribution in [0.1, 0.15) is 23.7 Å². The summed E-state index contributed by atoms with van der Waals surface area (Å²) in [7, 11) is -1.21. The van der Waals surface area contributed by atoms with Crippen LogP contribution in [0.3, 0.4) is 0 Å². The first-order chi connectivity index (χ1) is 9.58. The smallest absolute Gasteiger partial charge is 0.178 e. The second kappa shape index (κ2) is 5.03. The topological polar surface area (TPSA) is 64.0 Å². The van der Waals surface area contributed by atoms with E-state index in [4.69, 9.17) is 0 Å². The van der Waals surface area contributed by atoms with Gasteiger partial charge in [-0.3, -0.25) is 4.68 Å². The Labute approximate surface area is 118 Å². The van der Waals surface area contributed by atoms with Gasteiger partial charge in [-0.1, -0.05) is 18.2 Å². The van der Waals surface area contributed by atoms with Gasteiger partial charge >= 0.3 is 0 Å². The molecule has 1 atom stereocenters. The lowest BCUT2D eigenvalue weighted by atomic mass is 10.0. The summed E-state index contributed by atoms with van der Waals surface area (Å²) in [5, 5.41) is 7.56. The number of aromatic nitrogens is 2. The second-order valence-electron chi connectivity index (χ2n) is 5.03. The predicted octanol–water partition coefficient (Wildman–Crippen LogP) is 1.43. The zero-order chi connectivity index (χ0) is 14.2. The summed E-state index contributed by atoms with van der Waals surface area (Å²) in [6, 6.07) is 9.29. The zero-order valence-corrected chi connectivity index (χ0v) is 12.1. The number of nitrogens with one attached hydrogen (secondary N) is 1. The molecule has 0 amide bonds. The van der Waals surface area contributed by atoms with E-state index in [9.17, 15) is 8.42 Å². The minimum Gasteiger partial charge on any atom is -0.304 e. The average Bonchev–Trinajstić information content (AvgIpc) is 2.84. The molecule has 3 rings (SSSR count). The van der Waals surface area contributed by atoms with E-state index in [-0.39, 0.29) is 11.8 Å². The average molecular weight is 291 g/mol. The number of aryl methyl sites for hydroxylation is 1. The molecular weight excluding hydrogens is 274 g/mol. The summed E-state index contributed by atoms with van der Waals surface area (Å²) in [5.41, 5.74) is 1.96. The Balaban J connectivity index is 1.84. The zero-order valence-electron chi connectivity index (χ0n) is 11.3. The lowest BCUT2D eigenvalue weighted by molar-refractivity contribution is 0.480. The van der Waals surface area contributed by atoms with Crippen LogP contribution in [0.2, 0.25) is 0 Å². The third kappa shape index (κ3) is 2.36. The molecule has 20 heavy (non-hydrogen) atoms. The fourth-order valence-electron chi connectivity index (χ4n) is 2.60. The molecule has 1 aliphatic heterocycles. The lowest BCUT2D eigenvalue weighted by Crippen LogP contribution is -2.30. The van der Waals surface area contributed by atoms with Gasteiger partial charge in [-0.15, -0.1) is 0 Å². The highest BCUT2D eigenvalue weighted by molar-refractivity contribution is 7.91. The molecule has 1 N–H and O–H groups in total. The van der Waals surface area contributed by atoms with Gasteiger partial charge in [0, 0.05) is 25.8 Å². The van der Waals surface area contributed by atoms with Crippen molar-refractivity contribution in [2.45, 2.75) is 23.9 Å². The van der Waals surface area contributed by atoms with Gasteiger partial charge in [-0.2, -0.15) is 5.10 Å². The number of sulfone groups is 1. The number of nitrogens with zero attached hydrogens (tertiary/aromatic N) is 2. The largest absolute Gasteiger partial charge is 0.304 e. The van der Waals surface area contributed by atoms with Crippen LogP contribution in [0, 0.1) is 0 Å². The monoisotopic (exact) mass is 291 g/mol. The molecule has 2 aromatic rings. The van der Waals surface area contributed by atoms with Crippen molar-refractivity contribution in [1.29, 1.82) is 0 Å². The molecule has 0 spiro atoms. The Kier molecular flexibility index (Phi) is 3.35. The van der Waals surface area contributed by atoms with Crippen molar-refractivity contribution in [3.63, 3.8) is 0 Å². The number of hydrogen-bond acceptors (Lipinski definition) is 4. The maximum absolute atomic E-state index is 12.1. The van der Waals surface area contributed by atoms with Gasteiger partial charge in [0.1, 0.15) is 0 Å². The SMILES string of the molecule is Cn1nccc1CNC1CCS(=O)(=O)c2ccccc21. The van der Waals surface area contributed by atoms with Crippen LogP contribution in [-0.4, -0.2) is 24.0 Å². The minimum atomic E-state index is -3.11. The normalized spacial score (nSPS) is 20.6. The standard InChI is InChI=1S/C14H17N3O2S/c1-17-11(6-8-16-17)10-15-13-7-9-20(18,19)14-5-3-2-4-12(13)14/h2-6,8,13,15H,7,9-10H2,1H3. The third-order valence-corrected chi connectivity index (χ3v) is 5.57. The van der Waals surface area contributed by atoms with Gasteiger partial charge in [0.2, 0.25) is 0 Å². The molecule has 1 aromatic carbocycles. The van der Waals surface area contributed by atoms with Crippen LogP contribution >= 0.6 is 0 Å². The second-order valence-corrected chi connectivity index (χ2v) is 7.10. The molecule has 2 heterocycles. The van der Waals surface area contributed by atoms with Gasteiger partial charge in [-0.05, 0) is 24.1 Å². The summed E-state index contributed by atoms with van der Waals surface area (Å²) in [4.78, 5) is 0.466. The highest BCUT2D eigenvalue weighted by atomic mass is 32.2. The van der Waals surface area contributed by atoms with Crippen LogP contribution in [0.4, 0.5) is 0 Å². The van der Waals surface area contributed by atoms with Crippen LogP contribution in [0.5, 0.6) is 0 Å². The van der Waals surface area contributed by atoms with Gasteiger partial charge in [0.25, 0.3) is 0 Å². The van der Waals surface area contributed by atoms with E-state index < -0.39 is 9.84 Å². The molecule has 6 heteroatoms. The highest BCUT2D eigenvalue weighted by Gasteiger charge is 2.29. The molecule has 0 bridgehead atoms. The summed E-state index contributed by atoms with van der Waals surface area (Å²) < 4.78 is 25.9. The van der Waals surface area contributed by atoms with E-state index in [2.05, 4.69) is 10.4 Å². The van der Waals surface area contributed by atoms with Crippen LogP contribution in [-0.2, 0) is 23.4 Å². The quantitative estimate of drug-likeness (QED) is 0.929. The molecule has 0 saturated heterocycles. The third-order valence-electron chi connectivity index (χ3n) is 3.76. The highest BCUT2D eigenvalue weighted by Crippen LogP contribution is 2.31. The summed E-state index contributed by atoms with van der Waals surface area (Å²) >= 11 is 0. The van der Waals surface area contributed by atoms with Crippen molar-refractivity contribution < 1.29 is 8.42 Å². The lowest BCUT2D eigenvalue weighted by Gasteiger charge is -2.26. The Hall–Kier alpha value is -1.66. The molecule has 1 aromatic heterocycles. The van der Waals surface area contributed by atoms with Crippen molar-refractivity contribution >= 4 is 9.84 Å². The molecule has 0 aliphatic carbocycles. The van der Waals surface area contributed by atoms with Gasteiger partial charge in [0.05, 0.1) is 16.3 Å². The molecule has 106 valence electrons. The van der Waals surface area contributed by atoms with Crippen molar-refractivity contribution in [3.8, 4) is 0 Å². The van der Waals surface area contributed by atoms with Crippen molar-refractivity contribution in [2.75, 3.05) is 5.75 Å². The Bertz CT molecular complexity index is 722. The maximum Gasteiger partial charge on any atom is 0.178 e. The fourth-order valence-corrected chi connectivity index (χ4v) is 4.23. The summed E-state index contributed by atoms with van der Waals surface area (Å²) in [6.45, 7) is 0.676. The summed E-state index contributed by atoms with van der Waals surface area (Å²) in [5.74, 6) is 0.201. The molecule has 0 radical (unpaired) electrons. The summed E-state index contributed by atoms with van der Waals surface area (Å²) in [6.07, 6.45) is 2.37. The van der Waals surface area contributed by atoms with E-state index in [0.29, 0.717) is 17.9 Å². The van der Waals surface area contributed by atoms with Gasteiger partial charge in [-0.25, -0.2) is 8.42 Å². The maximum atomic E-state index is 12.1. The number of rotatable bonds is 3. The Morgan fingerprint density at radius 3 is 2.90 bits per heavy atom. The van der Waals surface area contributed by atoms with Crippen molar-refractivity contribution in [3.05, 3.63) is 47.8 Å². The predicted molar refractivity (Wildman–Crippen MR) is 75.9 cm³/mol. The van der Waals surface area contributed by atoms with E-state index in [1.54, 1.807) is 18.3 Å².